The maximum Gasteiger partial charge on any atom is 0.191 e. The van der Waals surface area contributed by atoms with Gasteiger partial charge in [0, 0.05) is 42.5 Å². The third-order valence-electron chi connectivity index (χ3n) is 4.73. The summed E-state index contributed by atoms with van der Waals surface area (Å²) >= 11 is 7.90. The molecule has 8 heteroatoms. The molecule has 0 saturated carbocycles. The van der Waals surface area contributed by atoms with Gasteiger partial charge in [-0.3, -0.25) is 4.99 Å². The molecule has 1 aliphatic rings. The van der Waals surface area contributed by atoms with E-state index in [0.717, 1.165) is 42.6 Å². The largest absolute Gasteiger partial charge is 0.495 e. The first kappa shape index (κ1) is 20.7. The van der Waals surface area contributed by atoms with Crippen LogP contribution in [0.15, 0.2) is 28.6 Å². The second-order valence-corrected chi connectivity index (χ2v) is 8.48. The highest BCUT2D eigenvalue weighted by molar-refractivity contribution is 7.09. The highest BCUT2D eigenvalue weighted by Crippen LogP contribution is 2.33. The third-order valence-corrected chi connectivity index (χ3v) is 6.16. The fourth-order valence-electron chi connectivity index (χ4n) is 3.24. The number of benzene rings is 1. The lowest BCUT2D eigenvalue weighted by Gasteiger charge is -2.22. The average Bonchev–Trinajstić information content (AvgIpc) is 3.34. The molecule has 2 aromatic rings. The van der Waals surface area contributed by atoms with E-state index in [1.54, 1.807) is 25.5 Å². The molecule has 6 nitrogen and oxygen atoms in total. The Morgan fingerprint density at radius 3 is 2.96 bits per heavy atom. The number of ether oxygens (including phenoxy) is 1. The molecule has 1 aromatic heterocycles. The molecule has 1 atom stereocenters. The van der Waals surface area contributed by atoms with Gasteiger partial charge in [0.25, 0.3) is 0 Å². The number of nitrogens with zero attached hydrogens (tertiary/aromatic N) is 3. The summed E-state index contributed by atoms with van der Waals surface area (Å²) in [5.41, 5.74) is 2.08. The molecular formula is C20H28ClN5OS. The number of rotatable bonds is 6. The van der Waals surface area contributed by atoms with Crippen molar-refractivity contribution in [3.8, 4) is 5.75 Å². The lowest BCUT2D eigenvalue weighted by molar-refractivity contribution is 0.415. The van der Waals surface area contributed by atoms with E-state index in [9.17, 15) is 0 Å². The fourth-order valence-corrected chi connectivity index (χ4v) is 4.24. The van der Waals surface area contributed by atoms with E-state index in [4.69, 9.17) is 16.3 Å². The molecule has 0 bridgehead atoms. The van der Waals surface area contributed by atoms with E-state index in [2.05, 4.69) is 44.7 Å². The molecule has 1 aliphatic heterocycles. The Hall–Kier alpha value is -1.99. The van der Waals surface area contributed by atoms with E-state index < -0.39 is 0 Å². The van der Waals surface area contributed by atoms with E-state index in [-0.39, 0.29) is 0 Å². The minimum Gasteiger partial charge on any atom is -0.495 e. The van der Waals surface area contributed by atoms with Crippen molar-refractivity contribution in [2.75, 3.05) is 32.1 Å². The molecule has 0 aliphatic carbocycles. The number of thiazole rings is 1. The number of hydrogen-bond donors (Lipinski definition) is 2. The van der Waals surface area contributed by atoms with E-state index in [1.807, 2.05) is 18.2 Å². The van der Waals surface area contributed by atoms with Crippen molar-refractivity contribution < 1.29 is 4.74 Å². The summed E-state index contributed by atoms with van der Waals surface area (Å²) in [7, 11) is 3.48. The van der Waals surface area contributed by atoms with Crippen LogP contribution in [-0.2, 0) is 6.54 Å². The Balaban J connectivity index is 1.55. The van der Waals surface area contributed by atoms with Crippen molar-refractivity contribution in [2.45, 2.75) is 38.8 Å². The van der Waals surface area contributed by atoms with Gasteiger partial charge in [-0.2, -0.15) is 0 Å². The van der Waals surface area contributed by atoms with Gasteiger partial charge in [-0.15, -0.1) is 11.3 Å². The van der Waals surface area contributed by atoms with Gasteiger partial charge in [0.1, 0.15) is 5.75 Å². The molecule has 1 aromatic carbocycles. The molecule has 0 amide bonds. The van der Waals surface area contributed by atoms with Gasteiger partial charge in [0.15, 0.2) is 5.96 Å². The molecule has 2 heterocycles. The zero-order valence-corrected chi connectivity index (χ0v) is 18.4. The Labute approximate surface area is 176 Å². The summed E-state index contributed by atoms with van der Waals surface area (Å²) in [6.45, 7) is 6.80. The molecule has 3 rings (SSSR count). The van der Waals surface area contributed by atoms with Crippen LogP contribution in [0.3, 0.4) is 0 Å². The van der Waals surface area contributed by atoms with E-state index in [1.165, 1.54) is 5.01 Å². The predicted octanol–water partition coefficient (Wildman–Crippen LogP) is 3.87. The maximum absolute atomic E-state index is 6.18. The Kier molecular flexibility index (Phi) is 7.02. The summed E-state index contributed by atoms with van der Waals surface area (Å²) in [4.78, 5) is 11.3. The number of anilines is 1. The Morgan fingerprint density at radius 2 is 2.29 bits per heavy atom. The summed E-state index contributed by atoms with van der Waals surface area (Å²) in [6.07, 6.45) is 1.02. The van der Waals surface area contributed by atoms with Gasteiger partial charge >= 0.3 is 0 Å². The number of hydrogen-bond acceptors (Lipinski definition) is 5. The van der Waals surface area contributed by atoms with Gasteiger partial charge < -0.3 is 20.3 Å². The number of aliphatic imine (C=N–C) groups is 1. The summed E-state index contributed by atoms with van der Waals surface area (Å²) in [6, 6.07) is 6.03. The van der Waals surface area contributed by atoms with Crippen LogP contribution in [-0.4, -0.2) is 44.2 Å². The van der Waals surface area contributed by atoms with Crippen LogP contribution in [0, 0.1) is 0 Å². The Morgan fingerprint density at radius 1 is 1.46 bits per heavy atom. The minimum atomic E-state index is 0.302. The number of nitrogens with one attached hydrogen (secondary N) is 2. The number of guanidine groups is 1. The van der Waals surface area contributed by atoms with E-state index >= 15 is 0 Å². The van der Waals surface area contributed by atoms with Gasteiger partial charge in [-0.1, -0.05) is 25.4 Å². The van der Waals surface area contributed by atoms with E-state index in [0.29, 0.717) is 23.5 Å². The lowest BCUT2D eigenvalue weighted by atomic mass is 10.2. The fraction of sp³-hybridized carbons (Fsp3) is 0.500. The highest BCUT2D eigenvalue weighted by atomic mass is 35.5. The minimum absolute atomic E-state index is 0.302. The average molecular weight is 422 g/mol. The van der Waals surface area contributed by atoms with Crippen LogP contribution in [0.5, 0.6) is 5.75 Å². The molecule has 152 valence electrons. The van der Waals surface area contributed by atoms with Crippen molar-refractivity contribution in [3.63, 3.8) is 0 Å². The molecule has 0 spiro atoms. The second-order valence-electron chi connectivity index (χ2n) is 7.15. The zero-order valence-electron chi connectivity index (χ0n) is 16.8. The summed E-state index contributed by atoms with van der Waals surface area (Å²) in [5, 5.41) is 10.9. The topological polar surface area (TPSA) is 61.8 Å². The maximum atomic E-state index is 6.18. The van der Waals surface area contributed by atoms with Crippen molar-refractivity contribution >= 4 is 34.6 Å². The van der Waals surface area contributed by atoms with Gasteiger partial charge in [-0.25, -0.2) is 4.98 Å². The SMILES string of the molecule is CN=C(NCc1csc(C(C)C)n1)NC1CCN(c2cc(Cl)ccc2OC)C1. The van der Waals surface area contributed by atoms with Crippen LogP contribution in [0.2, 0.25) is 5.02 Å². The molecule has 1 saturated heterocycles. The first-order valence-corrected chi connectivity index (χ1v) is 10.8. The smallest absolute Gasteiger partial charge is 0.191 e. The molecule has 1 unspecified atom stereocenters. The monoisotopic (exact) mass is 421 g/mol. The molecular weight excluding hydrogens is 394 g/mol. The third kappa shape index (κ3) is 5.08. The molecule has 1 fully saturated rings. The Bertz CT molecular complexity index is 823. The van der Waals surface area contributed by atoms with Crippen molar-refractivity contribution in [2.24, 2.45) is 4.99 Å². The van der Waals surface area contributed by atoms with Crippen molar-refractivity contribution in [3.05, 3.63) is 39.3 Å². The first-order chi connectivity index (χ1) is 13.5. The van der Waals surface area contributed by atoms with Crippen LogP contribution >= 0.6 is 22.9 Å². The highest BCUT2D eigenvalue weighted by Gasteiger charge is 2.25. The first-order valence-electron chi connectivity index (χ1n) is 9.50. The molecule has 2 N–H and O–H groups in total. The van der Waals surface area contributed by atoms with Gasteiger partial charge in [0.2, 0.25) is 0 Å². The van der Waals surface area contributed by atoms with Crippen molar-refractivity contribution in [1.29, 1.82) is 0 Å². The zero-order chi connectivity index (χ0) is 20.1. The lowest BCUT2D eigenvalue weighted by Crippen LogP contribution is -2.44. The second kappa shape index (κ2) is 9.47. The number of aromatic nitrogens is 1. The predicted molar refractivity (Wildman–Crippen MR) is 118 cm³/mol. The van der Waals surface area contributed by atoms with Crippen LogP contribution < -0.4 is 20.3 Å². The van der Waals surface area contributed by atoms with Crippen LogP contribution in [0.1, 0.15) is 36.9 Å². The summed E-state index contributed by atoms with van der Waals surface area (Å²) < 4.78 is 5.49. The van der Waals surface area contributed by atoms with Gasteiger partial charge in [0.05, 0.1) is 30.0 Å². The van der Waals surface area contributed by atoms with Crippen LogP contribution in [0.4, 0.5) is 5.69 Å². The number of methoxy groups -OCH3 is 1. The normalized spacial score (nSPS) is 17.3. The number of halogens is 1. The van der Waals surface area contributed by atoms with Crippen molar-refractivity contribution in [1.82, 2.24) is 15.6 Å². The van der Waals surface area contributed by atoms with Gasteiger partial charge in [-0.05, 0) is 24.6 Å². The molecule has 0 radical (unpaired) electrons. The quantitative estimate of drug-likeness (QED) is 0.547. The van der Waals surface area contributed by atoms with Crippen LogP contribution in [0.25, 0.3) is 0 Å². The molecule has 28 heavy (non-hydrogen) atoms. The summed E-state index contributed by atoms with van der Waals surface area (Å²) in [5.74, 6) is 2.10. The standard InChI is InChI=1S/C20H28ClN5OS/c1-13(2)19-24-16(12-28-19)10-23-20(22-3)25-15-7-8-26(11-15)17-9-14(21)5-6-18(17)27-4/h5-6,9,12-13,15H,7-8,10-11H2,1-4H3,(H2,22,23,25).